The molecule has 1 heterocycles. The van der Waals surface area contributed by atoms with E-state index in [1.54, 1.807) is 24.3 Å². The van der Waals surface area contributed by atoms with E-state index < -0.39 is 0 Å². The van der Waals surface area contributed by atoms with Gasteiger partial charge >= 0.3 is 0 Å². The molecule has 1 saturated heterocycles. The number of nitrogens with zero attached hydrogens (tertiary/aromatic N) is 1. The van der Waals surface area contributed by atoms with Crippen molar-refractivity contribution in [3.63, 3.8) is 0 Å². The number of phenolic OH excluding ortho intramolecular Hbond substituents is 1. The Hall–Kier alpha value is -2.86. The number of hydrogen-bond donors (Lipinski definition) is 3. The van der Waals surface area contributed by atoms with E-state index in [1.807, 2.05) is 37.3 Å². The second-order valence-corrected chi connectivity index (χ2v) is 7.57. The topological polar surface area (TPSA) is 81.7 Å². The van der Waals surface area contributed by atoms with Crippen LogP contribution in [0.2, 0.25) is 0 Å². The number of nitrogens with one attached hydrogen (secondary N) is 2. The standard InChI is InChI=1S/C23H29N3O3/c1-17(18-7-3-2-4-8-18)24-22(28)13-16-26-14-11-19(12-15-26)23(29)25-20-9-5-6-10-21(20)27/h2-10,17,19,27H,11-16H2,1H3,(H,24,28)(H,25,29). The summed E-state index contributed by atoms with van der Waals surface area (Å²) in [5.41, 5.74) is 1.54. The van der Waals surface area contributed by atoms with Crippen LogP contribution in [-0.4, -0.2) is 41.5 Å². The van der Waals surface area contributed by atoms with Gasteiger partial charge in [0.15, 0.2) is 0 Å². The van der Waals surface area contributed by atoms with Crippen molar-refractivity contribution in [2.24, 2.45) is 5.92 Å². The van der Waals surface area contributed by atoms with Crippen LogP contribution in [-0.2, 0) is 9.59 Å². The molecule has 0 bridgehead atoms. The Morgan fingerprint density at radius 2 is 1.72 bits per heavy atom. The average Bonchev–Trinajstić information content (AvgIpc) is 2.75. The van der Waals surface area contributed by atoms with E-state index in [4.69, 9.17) is 0 Å². The number of amides is 2. The number of aromatic hydroxyl groups is 1. The fourth-order valence-electron chi connectivity index (χ4n) is 3.63. The van der Waals surface area contributed by atoms with Gasteiger partial charge < -0.3 is 20.6 Å². The zero-order valence-electron chi connectivity index (χ0n) is 16.8. The first-order valence-corrected chi connectivity index (χ1v) is 10.2. The third-order valence-electron chi connectivity index (χ3n) is 5.45. The highest BCUT2D eigenvalue weighted by molar-refractivity contribution is 5.93. The molecule has 0 saturated carbocycles. The van der Waals surface area contributed by atoms with Crippen LogP contribution in [0.1, 0.15) is 37.8 Å². The lowest BCUT2D eigenvalue weighted by Gasteiger charge is -2.31. The lowest BCUT2D eigenvalue weighted by atomic mass is 9.95. The number of anilines is 1. The molecule has 3 rings (SSSR count). The van der Waals surface area contributed by atoms with Gasteiger partial charge in [-0.25, -0.2) is 0 Å². The molecule has 2 amide bonds. The summed E-state index contributed by atoms with van der Waals surface area (Å²) in [4.78, 5) is 26.9. The van der Waals surface area contributed by atoms with Gasteiger partial charge in [0.1, 0.15) is 5.75 Å². The highest BCUT2D eigenvalue weighted by Gasteiger charge is 2.25. The molecule has 1 atom stereocenters. The molecule has 3 N–H and O–H groups in total. The van der Waals surface area contributed by atoms with Crippen LogP contribution in [0.5, 0.6) is 5.75 Å². The summed E-state index contributed by atoms with van der Waals surface area (Å²) in [5, 5.41) is 15.6. The fraction of sp³-hybridized carbons (Fsp3) is 0.391. The van der Waals surface area contributed by atoms with Crippen molar-refractivity contribution in [1.29, 1.82) is 0 Å². The van der Waals surface area contributed by atoms with Gasteiger partial charge in [0.25, 0.3) is 0 Å². The molecule has 6 heteroatoms. The molecule has 6 nitrogen and oxygen atoms in total. The smallest absolute Gasteiger partial charge is 0.227 e. The number of para-hydroxylation sites is 2. The summed E-state index contributed by atoms with van der Waals surface area (Å²) in [6.07, 6.45) is 1.95. The number of carbonyl (C=O) groups excluding carboxylic acids is 2. The van der Waals surface area contributed by atoms with Crippen LogP contribution in [0.15, 0.2) is 54.6 Å². The summed E-state index contributed by atoms with van der Waals surface area (Å²) >= 11 is 0. The minimum atomic E-state index is -0.0715. The Labute approximate surface area is 171 Å². The van der Waals surface area contributed by atoms with Gasteiger partial charge in [-0.05, 0) is 50.6 Å². The second kappa shape index (κ2) is 10.1. The van der Waals surface area contributed by atoms with E-state index >= 15 is 0 Å². The molecular formula is C23H29N3O3. The van der Waals surface area contributed by atoms with Crippen LogP contribution < -0.4 is 10.6 Å². The summed E-state index contributed by atoms with van der Waals surface area (Å²) in [6, 6.07) is 16.7. The van der Waals surface area contributed by atoms with Crippen LogP contribution >= 0.6 is 0 Å². The van der Waals surface area contributed by atoms with Crippen molar-refractivity contribution >= 4 is 17.5 Å². The average molecular weight is 396 g/mol. The fourth-order valence-corrected chi connectivity index (χ4v) is 3.63. The Morgan fingerprint density at radius 3 is 2.41 bits per heavy atom. The van der Waals surface area contributed by atoms with Gasteiger partial charge in [-0.2, -0.15) is 0 Å². The molecule has 1 fully saturated rings. The van der Waals surface area contributed by atoms with Gasteiger partial charge in [-0.1, -0.05) is 42.5 Å². The van der Waals surface area contributed by atoms with Gasteiger partial charge in [0.05, 0.1) is 11.7 Å². The second-order valence-electron chi connectivity index (χ2n) is 7.57. The van der Waals surface area contributed by atoms with E-state index in [-0.39, 0.29) is 29.5 Å². The van der Waals surface area contributed by atoms with Crippen LogP contribution in [0.3, 0.4) is 0 Å². The summed E-state index contributed by atoms with van der Waals surface area (Å²) in [7, 11) is 0. The maximum absolute atomic E-state index is 12.4. The number of carbonyl (C=O) groups is 2. The minimum absolute atomic E-state index is 0.00691. The number of benzene rings is 2. The maximum Gasteiger partial charge on any atom is 0.227 e. The van der Waals surface area contributed by atoms with E-state index in [0.717, 1.165) is 31.5 Å². The van der Waals surface area contributed by atoms with Gasteiger partial charge in [-0.15, -0.1) is 0 Å². The van der Waals surface area contributed by atoms with Crippen molar-refractivity contribution < 1.29 is 14.7 Å². The zero-order chi connectivity index (χ0) is 20.6. The van der Waals surface area contributed by atoms with Crippen LogP contribution in [0.25, 0.3) is 0 Å². The number of hydrogen-bond acceptors (Lipinski definition) is 4. The molecule has 2 aromatic carbocycles. The van der Waals surface area contributed by atoms with Crippen molar-refractivity contribution in [1.82, 2.24) is 10.2 Å². The quantitative estimate of drug-likeness (QED) is 0.628. The first kappa shape index (κ1) is 20.9. The monoisotopic (exact) mass is 395 g/mol. The van der Waals surface area contributed by atoms with Crippen molar-refractivity contribution in [2.75, 3.05) is 25.0 Å². The third-order valence-corrected chi connectivity index (χ3v) is 5.45. The van der Waals surface area contributed by atoms with Gasteiger partial charge in [0, 0.05) is 18.9 Å². The molecule has 154 valence electrons. The lowest BCUT2D eigenvalue weighted by Crippen LogP contribution is -2.40. The normalized spacial score (nSPS) is 16.2. The van der Waals surface area contributed by atoms with E-state index in [1.165, 1.54) is 0 Å². The molecule has 0 spiro atoms. The number of phenols is 1. The Balaban J connectivity index is 1.38. The largest absolute Gasteiger partial charge is 0.506 e. The van der Waals surface area contributed by atoms with Crippen LogP contribution in [0, 0.1) is 5.92 Å². The first-order chi connectivity index (χ1) is 14.0. The molecule has 29 heavy (non-hydrogen) atoms. The van der Waals surface area contributed by atoms with Gasteiger partial charge in [-0.3, -0.25) is 9.59 Å². The zero-order valence-corrected chi connectivity index (χ0v) is 16.8. The Kier molecular flexibility index (Phi) is 7.25. The Bertz CT molecular complexity index is 817. The first-order valence-electron chi connectivity index (χ1n) is 10.2. The predicted octanol–water partition coefficient (Wildman–Crippen LogP) is 3.31. The number of likely N-dealkylation sites (tertiary alicyclic amines) is 1. The third kappa shape index (κ3) is 6.06. The van der Waals surface area contributed by atoms with Crippen molar-refractivity contribution in [3.8, 4) is 5.75 Å². The summed E-state index contributed by atoms with van der Waals surface area (Å²) in [6.45, 7) is 4.27. The van der Waals surface area contributed by atoms with E-state index in [0.29, 0.717) is 18.7 Å². The molecule has 0 radical (unpaired) electrons. The number of rotatable bonds is 7. The molecule has 1 aliphatic heterocycles. The molecular weight excluding hydrogens is 366 g/mol. The molecule has 2 aromatic rings. The number of piperidine rings is 1. The summed E-state index contributed by atoms with van der Waals surface area (Å²) in [5.74, 6) is -0.00633. The molecule has 1 aliphatic rings. The molecule has 0 aliphatic carbocycles. The maximum atomic E-state index is 12.4. The van der Waals surface area contributed by atoms with Crippen molar-refractivity contribution in [3.05, 3.63) is 60.2 Å². The highest BCUT2D eigenvalue weighted by Crippen LogP contribution is 2.24. The van der Waals surface area contributed by atoms with Crippen molar-refractivity contribution in [2.45, 2.75) is 32.2 Å². The predicted molar refractivity (Wildman–Crippen MR) is 114 cm³/mol. The molecule has 1 unspecified atom stereocenters. The Morgan fingerprint density at radius 1 is 1.07 bits per heavy atom. The van der Waals surface area contributed by atoms with Gasteiger partial charge in [0.2, 0.25) is 11.8 Å². The lowest BCUT2D eigenvalue weighted by molar-refractivity contribution is -0.123. The van der Waals surface area contributed by atoms with E-state index in [9.17, 15) is 14.7 Å². The SMILES string of the molecule is CC(NC(=O)CCN1CCC(C(=O)Nc2ccccc2O)CC1)c1ccccc1. The highest BCUT2D eigenvalue weighted by atomic mass is 16.3. The minimum Gasteiger partial charge on any atom is -0.506 e. The van der Waals surface area contributed by atoms with Crippen LogP contribution in [0.4, 0.5) is 5.69 Å². The summed E-state index contributed by atoms with van der Waals surface area (Å²) < 4.78 is 0. The molecule has 0 aromatic heterocycles. The van der Waals surface area contributed by atoms with E-state index in [2.05, 4.69) is 15.5 Å².